The van der Waals surface area contributed by atoms with E-state index >= 15 is 0 Å². The van der Waals surface area contributed by atoms with Crippen LogP contribution in [0.5, 0.6) is 5.75 Å². The molecule has 1 aromatic heterocycles. The number of nitrogens with zero attached hydrogens (tertiary/aromatic N) is 3. The molecule has 0 unspecified atom stereocenters. The van der Waals surface area contributed by atoms with Crippen LogP contribution in [0.4, 0.5) is 5.69 Å². The largest absolute Gasteiger partial charge is 0.495 e. The first-order valence-electron chi connectivity index (χ1n) is 11.7. The Kier molecular flexibility index (Phi) is 7.97. The third-order valence-electron chi connectivity index (χ3n) is 6.15. The van der Waals surface area contributed by atoms with Crippen LogP contribution in [0, 0.1) is 5.92 Å². The van der Waals surface area contributed by atoms with Crippen molar-refractivity contribution in [2.45, 2.75) is 43.9 Å². The lowest BCUT2D eigenvalue weighted by molar-refractivity contribution is -0.120. The zero-order valence-corrected chi connectivity index (χ0v) is 22.0. The first-order chi connectivity index (χ1) is 17.2. The number of nitrogens with one attached hydrogen (secondary N) is 1. The van der Waals surface area contributed by atoms with Crippen molar-refractivity contribution >= 4 is 33.2 Å². The van der Waals surface area contributed by atoms with Gasteiger partial charge in [0, 0.05) is 37.0 Å². The molecule has 2 aromatic carbocycles. The molecule has 1 fully saturated rings. The van der Waals surface area contributed by atoms with E-state index in [0.717, 1.165) is 5.56 Å². The highest BCUT2D eigenvalue weighted by molar-refractivity contribution is 7.89. The maximum Gasteiger partial charge on any atom is 0.243 e. The minimum Gasteiger partial charge on any atom is -0.495 e. The molecule has 0 radical (unpaired) electrons. The number of carbonyl (C=O) groups excluding carboxylic acids is 1. The Morgan fingerprint density at radius 3 is 2.47 bits per heavy atom. The van der Waals surface area contributed by atoms with Gasteiger partial charge in [-0.15, -0.1) is 0 Å². The summed E-state index contributed by atoms with van der Waals surface area (Å²) in [5.41, 5.74) is 1.68. The molecule has 2 heterocycles. The summed E-state index contributed by atoms with van der Waals surface area (Å²) in [4.78, 5) is 17.3. The Hall–Kier alpha value is -2.95. The van der Waals surface area contributed by atoms with Crippen molar-refractivity contribution in [2.24, 2.45) is 5.92 Å². The molecule has 9 nitrogen and oxygen atoms in total. The van der Waals surface area contributed by atoms with Crippen molar-refractivity contribution in [3.05, 3.63) is 64.8 Å². The van der Waals surface area contributed by atoms with Gasteiger partial charge < -0.3 is 14.6 Å². The average molecular weight is 533 g/mol. The van der Waals surface area contributed by atoms with Gasteiger partial charge in [-0.25, -0.2) is 8.42 Å². The van der Waals surface area contributed by atoms with E-state index in [1.165, 1.54) is 29.6 Å². The number of halogens is 1. The lowest BCUT2D eigenvalue weighted by Crippen LogP contribution is -2.41. The summed E-state index contributed by atoms with van der Waals surface area (Å²) in [7, 11) is -2.24. The van der Waals surface area contributed by atoms with E-state index in [4.69, 9.17) is 20.9 Å². The molecule has 3 aromatic rings. The Morgan fingerprint density at radius 1 is 1.19 bits per heavy atom. The monoisotopic (exact) mass is 532 g/mol. The van der Waals surface area contributed by atoms with Crippen LogP contribution in [0.3, 0.4) is 0 Å². The summed E-state index contributed by atoms with van der Waals surface area (Å²) in [6.07, 6.45) is 1.41. The molecule has 192 valence electrons. The molecule has 36 heavy (non-hydrogen) atoms. The van der Waals surface area contributed by atoms with Gasteiger partial charge in [-0.05, 0) is 48.7 Å². The average Bonchev–Trinajstić information content (AvgIpc) is 3.34. The van der Waals surface area contributed by atoms with Crippen molar-refractivity contribution in [1.82, 2.24) is 14.4 Å². The highest BCUT2D eigenvalue weighted by Crippen LogP contribution is 2.30. The fraction of sp³-hybridized carbons (Fsp3) is 0.400. The van der Waals surface area contributed by atoms with Crippen molar-refractivity contribution < 1.29 is 22.5 Å². The highest BCUT2D eigenvalue weighted by Gasteiger charge is 2.32. The molecule has 1 aliphatic heterocycles. The number of benzene rings is 2. The maximum atomic E-state index is 13.0. The van der Waals surface area contributed by atoms with E-state index in [9.17, 15) is 13.2 Å². The number of methoxy groups -OCH3 is 1. The lowest BCUT2D eigenvalue weighted by atomic mass is 9.97. The van der Waals surface area contributed by atoms with E-state index in [1.807, 2.05) is 38.1 Å². The minimum atomic E-state index is -3.71. The van der Waals surface area contributed by atoms with Gasteiger partial charge in [0.25, 0.3) is 0 Å². The van der Waals surface area contributed by atoms with Gasteiger partial charge in [0.15, 0.2) is 5.82 Å². The van der Waals surface area contributed by atoms with Crippen LogP contribution in [-0.2, 0) is 21.2 Å². The number of piperidine rings is 1. The Morgan fingerprint density at radius 2 is 1.89 bits per heavy atom. The smallest absolute Gasteiger partial charge is 0.243 e. The second-order valence-corrected chi connectivity index (χ2v) is 11.4. The standard InChI is InChI=1S/C25H29ClN4O5S/c1-16(2)25-28-23(29-35-25)14-17-4-6-19(7-5-17)27-24(31)18-10-12-30(13-11-18)36(32,33)20-8-9-22(34-3)21(26)15-20/h4-9,15-16,18H,10-14H2,1-3H3,(H,27,31). The summed E-state index contributed by atoms with van der Waals surface area (Å²) >= 11 is 6.11. The molecule has 0 bridgehead atoms. The number of aromatic nitrogens is 2. The van der Waals surface area contributed by atoms with Gasteiger partial charge in [0.2, 0.25) is 21.8 Å². The minimum absolute atomic E-state index is 0.109. The fourth-order valence-electron chi connectivity index (χ4n) is 4.02. The number of hydrogen-bond acceptors (Lipinski definition) is 7. The van der Waals surface area contributed by atoms with Crippen LogP contribution < -0.4 is 10.1 Å². The molecule has 1 N–H and O–H groups in total. The molecule has 4 rings (SSSR count). The number of carbonyl (C=O) groups is 1. The number of hydrogen-bond donors (Lipinski definition) is 1. The molecule has 0 aliphatic carbocycles. The summed E-state index contributed by atoms with van der Waals surface area (Å²) in [6, 6.07) is 11.9. The Bertz CT molecular complexity index is 1320. The third kappa shape index (κ3) is 5.88. The molecule has 0 spiro atoms. The van der Waals surface area contributed by atoms with Crippen LogP contribution in [0.15, 0.2) is 51.9 Å². The van der Waals surface area contributed by atoms with Crippen LogP contribution >= 0.6 is 11.6 Å². The van der Waals surface area contributed by atoms with Crippen molar-refractivity contribution in [3.8, 4) is 5.75 Å². The number of amides is 1. The zero-order chi connectivity index (χ0) is 25.9. The van der Waals surface area contributed by atoms with Gasteiger partial charge in [0.05, 0.1) is 17.0 Å². The molecular weight excluding hydrogens is 504 g/mol. The van der Waals surface area contributed by atoms with Crippen LogP contribution in [0.1, 0.15) is 49.9 Å². The number of rotatable bonds is 8. The van der Waals surface area contributed by atoms with Gasteiger partial charge in [0.1, 0.15) is 5.75 Å². The summed E-state index contributed by atoms with van der Waals surface area (Å²) in [5, 5.41) is 7.18. The van der Waals surface area contributed by atoms with Crippen molar-refractivity contribution in [3.63, 3.8) is 0 Å². The summed E-state index contributed by atoms with van der Waals surface area (Å²) in [5.74, 6) is 1.43. The molecule has 0 atom stereocenters. The first-order valence-corrected chi connectivity index (χ1v) is 13.5. The van der Waals surface area contributed by atoms with Crippen molar-refractivity contribution in [1.29, 1.82) is 0 Å². The predicted octanol–water partition coefficient (Wildman–Crippen LogP) is 4.49. The molecule has 1 amide bonds. The molecule has 1 saturated heterocycles. The number of ether oxygens (including phenoxy) is 1. The Balaban J connectivity index is 1.31. The van der Waals surface area contributed by atoms with Gasteiger partial charge in [-0.1, -0.05) is 42.7 Å². The molecular formula is C25H29ClN4O5S. The first kappa shape index (κ1) is 26.1. The Labute approximate surface area is 215 Å². The fourth-order valence-corrected chi connectivity index (χ4v) is 5.84. The van der Waals surface area contributed by atoms with Gasteiger partial charge in [-0.3, -0.25) is 4.79 Å². The third-order valence-corrected chi connectivity index (χ3v) is 8.34. The van der Waals surface area contributed by atoms with E-state index in [2.05, 4.69) is 15.5 Å². The van der Waals surface area contributed by atoms with Crippen LogP contribution in [0.25, 0.3) is 0 Å². The predicted molar refractivity (Wildman–Crippen MR) is 136 cm³/mol. The summed E-state index contributed by atoms with van der Waals surface area (Å²) in [6.45, 7) is 4.50. The maximum absolute atomic E-state index is 13.0. The number of sulfonamides is 1. The summed E-state index contributed by atoms with van der Waals surface area (Å²) < 4.78 is 37.8. The number of anilines is 1. The van der Waals surface area contributed by atoms with E-state index in [1.54, 1.807) is 0 Å². The molecule has 11 heteroatoms. The van der Waals surface area contributed by atoms with Crippen LogP contribution in [-0.4, -0.2) is 49.0 Å². The topological polar surface area (TPSA) is 115 Å². The highest BCUT2D eigenvalue weighted by atomic mass is 35.5. The van der Waals surface area contributed by atoms with Gasteiger partial charge >= 0.3 is 0 Å². The normalized spacial score (nSPS) is 15.2. The quantitative estimate of drug-likeness (QED) is 0.454. The van der Waals surface area contributed by atoms with E-state index in [-0.39, 0.29) is 40.8 Å². The van der Waals surface area contributed by atoms with Crippen LogP contribution in [0.2, 0.25) is 5.02 Å². The molecule has 1 aliphatic rings. The SMILES string of the molecule is COc1ccc(S(=O)(=O)N2CCC(C(=O)Nc3ccc(Cc4noc(C(C)C)n4)cc3)CC2)cc1Cl. The van der Waals surface area contributed by atoms with Gasteiger partial charge in [-0.2, -0.15) is 9.29 Å². The molecule has 0 saturated carbocycles. The second kappa shape index (κ2) is 11.0. The lowest BCUT2D eigenvalue weighted by Gasteiger charge is -2.30. The second-order valence-electron chi connectivity index (χ2n) is 9.04. The van der Waals surface area contributed by atoms with E-state index in [0.29, 0.717) is 42.4 Å². The van der Waals surface area contributed by atoms with Crippen molar-refractivity contribution in [2.75, 3.05) is 25.5 Å². The van der Waals surface area contributed by atoms with E-state index < -0.39 is 10.0 Å². The zero-order valence-electron chi connectivity index (χ0n) is 20.4.